The molecule has 0 bridgehead atoms. The SMILES string of the molecule is C[C@@H](CC[C@H]1CC2(COC(N)=N2)c2cc(-c3cncc(Cl)c3)ccc2O1)N1CCCC1. The van der Waals surface area contributed by atoms with Gasteiger partial charge in [-0.3, -0.25) is 4.98 Å². The van der Waals surface area contributed by atoms with Crippen LogP contribution in [0.3, 0.4) is 0 Å². The van der Waals surface area contributed by atoms with Crippen molar-refractivity contribution < 1.29 is 9.47 Å². The molecule has 6 nitrogen and oxygen atoms in total. The molecule has 0 saturated carbocycles. The molecule has 31 heavy (non-hydrogen) atoms. The molecule has 3 aliphatic heterocycles. The number of benzene rings is 1. The zero-order chi connectivity index (χ0) is 21.4. The lowest BCUT2D eigenvalue weighted by Gasteiger charge is -2.37. The summed E-state index contributed by atoms with van der Waals surface area (Å²) in [6.07, 6.45) is 9.05. The summed E-state index contributed by atoms with van der Waals surface area (Å²) >= 11 is 6.16. The number of halogens is 1. The molecule has 2 N–H and O–H groups in total. The number of hydrogen-bond donors (Lipinski definition) is 1. The average molecular weight is 441 g/mol. The molecule has 7 heteroatoms. The Balaban J connectivity index is 1.41. The van der Waals surface area contributed by atoms with E-state index in [-0.39, 0.29) is 12.1 Å². The minimum atomic E-state index is -0.499. The van der Waals surface area contributed by atoms with Gasteiger partial charge in [0.2, 0.25) is 0 Å². The normalized spacial score (nSPS) is 26.3. The molecular weight excluding hydrogens is 412 g/mol. The third-order valence-corrected chi connectivity index (χ3v) is 7.04. The molecule has 4 heterocycles. The molecule has 0 amide bonds. The van der Waals surface area contributed by atoms with Crippen LogP contribution in [0.4, 0.5) is 0 Å². The van der Waals surface area contributed by atoms with Gasteiger partial charge in [-0.15, -0.1) is 0 Å². The maximum absolute atomic E-state index is 6.46. The van der Waals surface area contributed by atoms with Gasteiger partial charge in [0.1, 0.15) is 24.0 Å². The number of nitrogens with two attached hydrogens (primary N) is 1. The van der Waals surface area contributed by atoms with Crippen molar-refractivity contribution in [1.29, 1.82) is 0 Å². The monoisotopic (exact) mass is 440 g/mol. The van der Waals surface area contributed by atoms with Gasteiger partial charge in [0.05, 0.1) is 5.02 Å². The quantitative estimate of drug-likeness (QED) is 0.747. The van der Waals surface area contributed by atoms with Crippen LogP contribution in [0.15, 0.2) is 41.7 Å². The van der Waals surface area contributed by atoms with Crippen LogP contribution in [-0.2, 0) is 10.3 Å². The highest BCUT2D eigenvalue weighted by atomic mass is 35.5. The summed E-state index contributed by atoms with van der Waals surface area (Å²) in [6, 6.07) is 8.96. The second-order valence-electron chi connectivity index (χ2n) is 8.99. The molecule has 1 unspecified atom stereocenters. The van der Waals surface area contributed by atoms with Crippen LogP contribution >= 0.6 is 11.6 Å². The standard InChI is InChI=1S/C24H29ClN4O2/c1-16(29-8-2-3-9-29)4-6-20-12-24(15-30-23(26)28-24)21-11-17(5-7-22(21)31-20)18-10-19(25)14-27-13-18/h5,7,10-11,13-14,16,20H,2-4,6,8-9,12,15H2,1H3,(H2,26,28)/t16-,20-,24?/m0/s1. The Labute approximate surface area is 188 Å². The van der Waals surface area contributed by atoms with Crippen LogP contribution in [0.25, 0.3) is 11.1 Å². The number of nitrogens with zero attached hydrogens (tertiary/aromatic N) is 3. The number of ether oxygens (including phenoxy) is 2. The lowest BCUT2D eigenvalue weighted by Crippen LogP contribution is -2.39. The summed E-state index contributed by atoms with van der Waals surface area (Å²) in [6.45, 7) is 5.22. The molecule has 5 rings (SSSR count). The molecule has 3 aliphatic rings. The van der Waals surface area contributed by atoms with Gasteiger partial charge in [-0.25, -0.2) is 4.99 Å². The van der Waals surface area contributed by atoms with E-state index >= 15 is 0 Å². The summed E-state index contributed by atoms with van der Waals surface area (Å²) in [5.41, 5.74) is 8.48. The third kappa shape index (κ3) is 4.11. The van der Waals surface area contributed by atoms with Crippen LogP contribution in [0.2, 0.25) is 5.02 Å². The van der Waals surface area contributed by atoms with E-state index in [0.29, 0.717) is 17.7 Å². The summed E-state index contributed by atoms with van der Waals surface area (Å²) in [7, 11) is 0. The lowest BCUT2D eigenvalue weighted by molar-refractivity contribution is 0.0914. The van der Waals surface area contributed by atoms with Gasteiger partial charge in [-0.1, -0.05) is 17.7 Å². The fraction of sp³-hybridized carbons (Fsp3) is 0.500. The van der Waals surface area contributed by atoms with E-state index in [1.165, 1.54) is 25.9 Å². The van der Waals surface area contributed by atoms with Crippen molar-refractivity contribution in [3.63, 3.8) is 0 Å². The number of fused-ring (bicyclic) bond motifs is 2. The minimum Gasteiger partial charge on any atom is -0.490 e. The molecule has 2 aromatic rings. The lowest BCUT2D eigenvalue weighted by atomic mass is 9.81. The summed E-state index contributed by atoms with van der Waals surface area (Å²) in [4.78, 5) is 11.6. The Kier molecular flexibility index (Phi) is 5.52. The number of pyridine rings is 1. The summed E-state index contributed by atoms with van der Waals surface area (Å²) in [5.74, 6) is 0.867. The van der Waals surface area contributed by atoms with E-state index in [2.05, 4.69) is 28.9 Å². The maximum Gasteiger partial charge on any atom is 0.283 e. The zero-order valence-electron chi connectivity index (χ0n) is 17.9. The first-order chi connectivity index (χ1) is 15.0. The van der Waals surface area contributed by atoms with Crippen molar-refractivity contribution in [3.8, 4) is 16.9 Å². The topological polar surface area (TPSA) is 73.0 Å². The maximum atomic E-state index is 6.46. The highest BCUT2D eigenvalue weighted by Gasteiger charge is 2.46. The summed E-state index contributed by atoms with van der Waals surface area (Å²) < 4.78 is 12.1. The molecule has 1 saturated heterocycles. The van der Waals surface area contributed by atoms with Crippen LogP contribution in [-0.4, -0.2) is 47.7 Å². The number of amidine groups is 1. The van der Waals surface area contributed by atoms with Crippen LogP contribution in [0, 0.1) is 0 Å². The largest absolute Gasteiger partial charge is 0.490 e. The van der Waals surface area contributed by atoms with E-state index in [4.69, 9.17) is 31.8 Å². The number of likely N-dealkylation sites (tertiary alicyclic amines) is 1. The summed E-state index contributed by atoms with van der Waals surface area (Å²) in [5, 5.41) is 0.611. The molecule has 164 valence electrons. The molecule has 0 aliphatic carbocycles. The van der Waals surface area contributed by atoms with Crippen LogP contribution < -0.4 is 10.5 Å². The Morgan fingerprint density at radius 3 is 2.81 bits per heavy atom. The first-order valence-electron chi connectivity index (χ1n) is 11.2. The van der Waals surface area contributed by atoms with Crippen molar-refractivity contribution in [2.24, 2.45) is 10.7 Å². The molecule has 1 aromatic heterocycles. The smallest absolute Gasteiger partial charge is 0.283 e. The number of rotatable bonds is 5. The predicted octanol–water partition coefficient (Wildman–Crippen LogP) is 4.36. The molecule has 3 atom stereocenters. The van der Waals surface area contributed by atoms with E-state index in [0.717, 1.165) is 41.7 Å². The van der Waals surface area contributed by atoms with Gasteiger partial charge in [0.25, 0.3) is 6.02 Å². The van der Waals surface area contributed by atoms with Gasteiger partial charge >= 0.3 is 0 Å². The Bertz CT molecular complexity index is 991. The number of hydrogen-bond acceptors (Lipinski definition) is 6. The minimum absolute atomic E-state index is 0.0921. The highest BCUT2D eigenvalue weighted by molar-refractivity contribution is 6.30. The third-order valence-electron chi connectivity index (χ3n) is 6.83. The van der Waals surface area contributed by atoms with Crippen molar-refractivity contribution in [2.45, 2.75) is 56.7 Å². The fourth-order valence-electron chi connectivity index (χ4n) is 5.12. The fourth-order valence-corrected chi connectivity index (χ4v) is 5.29. The molecule has 1 spiro atoms. The van der Waals surface area contributed by atoms with Crippen molar-refractivity contribution in [2.75, 3.05) is 19.7 Å². The van der Waals surface area contributed by atoms with Gasteiger partial charge in [-0.05, 0) is 69.5 Å². The Morgan fingerprint density at radius 1 is 1.23 bits per heavy atom. The van der Waals surface area contributed by atoms with Gasteiger partial charge in [0, 0.05) is 36.0 Å². The van der Waals surface area contributed by atoms with E-state index in [1.807, 2.05) is 18.3 Å². The van der Waals surface area contributed by atoms with Gasteiger partial charge in [-0.2, -0.15) is 0 Å². The first kappa shape index (κ1) is 20.6. The zero-order valence-corrected chi connectivity index (χ0v) is 18.6. The average Bonchev–Trinajstić information content (AvgIpc) is 3.43. The molecule has 1 fully saturated rings. The second-order valence-corrected chi connectivity index (χ2v) is 9.42. The molecule has 0 radical (unpaired) electrons. The number of aliphatic imine (C=N–C) groups is 1. The van der Waals surface area contributed by atoms with Gasteiger partial charge < -0.3 is 20.1 Å². The van der Waals surface area contributed by atoms with E-state index in [1.54, 1.807) is 6.20 Å². The predicted molar refractivity (Wildman–Crippen MR) is 122 cm³/mol. The van der Waals surface area contributed by atoms with Crippen LogP contribution in [0.1, 0.15) is 44.6 Å². The highest BCUT2D eigenvalue weighted by Crippen LogP contribution is 2.46. The van der Waals surface area contributed by atoms with Crippen molar-refractivity contribution in [1.82, 2.24) is 9.88 Å². The number of aromatic nitrogens is 1. The Hall–Kier alpha value is -2.31. The second kappa shape index (κ2) is 8.32. The molecular formula is C24H29ClN4O2. The van der Waals surface area contributed by atoms with E-state index < -0.39 is 5.54 Å². The first-order valence-corrected chi connectivity index (χ1v) is 11.5. The van der Waals surface area contributed by atoms with Crippen LogP contribution in [0.5, 0.6) is 5.75 Å². The van der Waals surface area contributed by atoms with E-state index in [9.17, 15) is 0 Å². The van der Waals surface area contributed by atoms with Crippen molar-refractivity contribution in [3.05, 3.63) is 47.2 Å². The van der Waals surface area contributed by atoms with Gasteiger partial charge in [0.15, 0.2) is 0 Å². The Morgan fingerprint density at radius 2 is 2.06 bits per heavy atom. The van der Waals surface area contributed by atoms with Crippen molar-refractivity contribution >= 4 is 17.6 Å². The molecule has 1 aromatic carbocycles.